The monoisotopic (exact) mass is 352 g/mol. The predicted molar refractivity (Wildman–Crippen MR) is 86.8 cm³/mol. The van der Waals surface area contributed by atoms with Gasteiger partial charge in [-0.2, -0.15) is 0 Å². The molecule has 0 radical (unpaired) electrons. The van der Waals surface area contributed by atoms with Crippen molar-refractivity contribution in [3.63, 3.8) is 0 Å². The van der Waals surface area contributed by atoms with Crippen LogP contribution in [0.5, 0.6) is 11.5 Å². The molecule has 3 rings (SSSR count). The molecule has 0 aromatic heterocycles. The lowest BCUT2D eigenvalue weighted by atomic mass is 10.2. The maximum atomic E-state index is 13.0. The minimum absolute atomic E-state index is 0.155. The summed E-state index contributed by atoms with van der Waals surface area (Å²) >= 11 is 0. The number of benzene rings is 2. The Hall–Kier alpha value is -2.13. The lowest BCUT2D eigenvalue weighted by molar-refractivity contribution is 0.0282. The number of rotatable bonds is 2. The summed E-state index contributed by atoms with van der Waals surface area (Å²) in [5.41, 5.74) is 0.152. The van der Waals surface area contributed by atoms with Crippen molar-refractivity contribution in [3.05, 3.63) is 45.8 Å². The van der Waals surface area contributed by atoms with E-state index in [9.17, 15) is 30.3 Å². The van der Waals surface area contributed by atoms with E-state index in [-0.39, 0.29) is 33.0 Å². The van der Waals surface area contributed by atoms with Crippen LogP contribution in [0.15, 0.2) is 24.3 Å². The molecule has 0 amide bonds. The van der Waals surface area contributed by atoms with Crippen molar-refractivity contribution in [2.45, 2.75) is 13.8 Å². The number of aryl methyl sites for hydroxylation is 2. The number of anilines is 2. The van der Waals surface area contributed by atoms with Gasteiger partial charge in [0.05, 0.1) is 16.3 Å². The first-order valence-corrected chi connectivity index (χ1v) is 8.42. The standard InChI is InChI=1S/C14H13N2O7P/c1-7-3-9(15(17)18)13-11(5-7)24(21,22)12-6-8(2)4-10(16(19)20)14(12)23-13/h3-6,17-18H,1-2H3,(H,21,22)/q-2. The fraction of sp³-hybridized carbons (Fsp3) is 0.143. The molecule has 0 bridgehead atoms. The van der Waals surface area contributed by atoms with Crippen LogP contribution in [0.1, 0.15) is 11.1 Å². The zero-order valence-corrected chi connectivity index (χ0v) is 13.5. The van der Waals surface area contributed by atoms with Crippen LogP contribution in [0, 0.1) is 24.3 Å². The van der Waals surface area contributed by atoms with Gasteiger partial charge in [0.1, 0.15) is 5.69 Å². The van der Waals surface area contributed by atoms with Crippen LogP contribution in [0.25, 0.3) is 0 Å². The lowest BCUT2D eigenvalue weighted by Crippen LogP contribution is -2.28. The molecule has 0 aliphatic carbocycles. The molecule has 1 atom stereocenters. The van der Waals surface area contributed by atoms with Crippen LogP contribution in [0.4, 0.5) is 11.4 Å². The van der Waals surface area contributed by atoms with E-state index in [0.29, 0.717) is 11.1 Å². The van der Waals surface area contributed by atoms with Gasteiger partial charge in [-0.15, -0.1) is 5.23 Å². The molecule has 1 unspecified atom stereocenters. The Bertz CT molecular complexity index is 814. The third-order valence-electron chi connectivity index (χ3n) is 3.66. The quantitative estimate of drug-likeness (QED) is 0.547. The van der Waals surface area contributed by atoms with E-state index in [4.69, 9.17) is 4.74 Å². The summed E-state index contributed by atoms with van der Waals surface area (Å²) in [5, 5.41) is 39.9. The van der Waals surface area contributed by atoms with Gasteiger partial charge in [0.25, 0.3) is 7.37 Å². The molecule has 2 aromatic rings. The van der Waals surface area contributed by atoms with Crippen LogP contribution in [-0.2, 0) is 4.57 Å². The molecule has 0 saturated heterocycles. The summed E-state index contributed by atoms with van der Waals surface area (Å²) in [4.78, 5) is 10.6. The topological polar surface area (TPSA) is 140 Å². The summed E-state index contributed by atoms with van der Waals surface area (Å²) in [5.74, 6) is -0.688. The van der Waals surface area contributed by atoms with Crippen LogP contribution in [0.2, 0.25) is 0 Å². The Morgan fingerprint density at radius 3 is 1.88 bits per heavy atom. The molecule has 10 heteroatoms. The molecule has 24 heavy (non-hydrogen) atoms. The maximum Gasteiger partial charge on any atom is 0.266 e. The summed E-state index contributed by atoms with van der Waals surface area (Å²) in [6, 6.07) is 5.25. The molecule has 0 saturated carbocycles. The Morgan fingerprint density at radius 1 is 0.958 bits per heavy atom. The Balaban J connectivity index is 2.37. The smallest absolute Gasteiger partial charge is 0.266 e. The van der Waals surface area contributed by atoms with Gasteiger partial charge in [-0.3, -0.25) is 15.0 Å². The molecule has 9 nitrogen and oxygen atoms in total. The number of hydrogen-bond donors (Lipinski definition) is 3. The highest BCUT2D eigenvalue weighted by Crippen LogP contribution is 2.54. The first-order valence-electron chi connectivity index (χ1n) is 6.76. The second-order valence-corrected chi connectivity index (χ2v) is 7.60. The lowest BCUT2D eigenvalue weighted by Gasteiger charge is -2.40. The average Bonchev–Trinajstić information content (AvgIpc) is 2.47. The zero-order chi connectivity index (χ0) is 17.8. The van der Waals surface area contributed by atoms with E-state index >= 15 is 0 Å². The zero-order valence-electron chi connectivity index (χ0n) is 12.6. The third-order valence-corrected chi connectivity index (χ3v) is 5.63. The molecule has 0 spiro atoms. The van der Waals surface area contributed by atoms with Gasteiger partial charge < -0.3 is 25.3 Å². The Morgan fingerprint density at radius 2 is 1.42 bits per heavy atom. The van der Waals surface area contributed by atoms with Gasteiger partial charge >= 0.3 is 0 Å². The van der Waals surface area contributed by atoms with Crippen molar-refractivity contribution in [1.82, 2.24) is 0 Å². The summed E-state index contributed by atoms with van der Waals surface area (Å²) < 4.78 is 18.5. The number of hydrogen-bond acceptors (Lipinski definition) is 8. The number of ether oxygens (including phenoxy) is 1. The minimum atomic E-state index is -4.23. The van der Waals surface area contributed by atoms with E-state index in [2.05, 4.69) is 0 Å². The van der Waals surface area contributed by atoms with Crippen molar-refractivity contribution in [2.24, 2.45) is 0 Å². The fourth-order valence-electron chi connectivity index (χ4n) is 2.65. The van der Waals surface area contributed by atoms with Crippen LogP contribution >= 0.6 is 7.37 Å². The van der Waals surface area contributed by atoms with Gasteiger partial charge in [-0.1, -0.05) is 0 Å². The van der Waals surface area contributed by atoms with Crippen molar-refractivity contribution in [1.29, 1.82) is 0 Å². The Kier molecular flexibility index (Phi) is 3.80. The number of nitrogens with zero attached hydrogens (tertiary/aromatic N) is 2. The van der Waals surface area contributed by atoms with Gasteiger partial charge in [-0.25, -0.2) is 0 Å². The van der Waals surface area contributed by atoms with Crippen molar-refractivity contribution in [3.8, 4) is 11.5 Å². The first kappa shape index (κ1) is 16.7. The molecule has 1 aliphatic rings. The van der Waals surface area contributed by atoms with E-state index in [1.54, 1.807) is 13.8 Å². The second-order valence-electron chi connectivity index (χ2n) is 5.49. The van der Waals surface area contributed by atoms with E-state index in [1.165, 1.54) is 24.3 Å². The second kappa shape index (κ2) is 5.45. The Labute approximate surface area is 136 Å². The average molecular weight is 352 g/mol. The number of fused-ring (bicyclic) bond motifs is 2. The first-order chi connectivity index (χ1) is 11.1. The summed E-state index contributed by atoms with van der Waals surface area (Å²) in [6.07, 6.45) is 0. The molecular formula is C14H13N2O7P-2. The van der Waals surface area contributed by atoms with Gasteiger partial charge in [0.2, 0.25) is 0 Å². The largest absolute Gasteiger partial charge is 0.769 e. The summed E-state index contributed by atoms with van der Waals surface area (Å²) in [7, 11) is -4.23. The van der Waals surface area contributed by atoms with Crippen molar-refractivity contribution >= 4 is 29.4 Å². The highest BCUT2D eigenvalue weighted by molar-refractivity contribution is 7.74. The molecular weight excluding hydrogens is 339 g/mol. The molecule has 0 fully saturated rings. The van der Waals surface area contributed by atoms with Crippen molar-refractivity contribution < 1.29 is 24.6 Å². The molecule has 3 N–H and O–H groups in total. The highest BCUT2D eigenvalue weighted by Gasteiger charge is 2.39. The normalized spacial score (nSPS) is 18.5. The van der Waals surface area contributed by atoms with Crippen LogP contribution < -0.4 is 25.8 Å². The fourth-order valence-corrected chi connectivity index (χ4v) is 4.53. The summed E-state index contributed by atoms with van der Waals surface area (Å²) in [6.45, 7) is 3.16. The predicted octanol–water partition coefficient (Wildman–Crippen LogP) is 2.02. The minimum Gasteiger partial charge on any atom is -0.769 e. The molecule has 1 heterocycles. The van der Waals surface area contributed by atoms with Crippen LogP contribution in [-0.4, -0.2) is 15.3 Å². The van der Waals surface area contributed by atoms with Gasteiger partial charge in [-0.05, 0) is 49.2 Å². The van der Waals surface area contributed by atoms with Gasteiger partial charge in [0.15, 0.2) is 11.5 Å². The highest BCUT2D eigenvalue weighted by atomic mass is 31.2. The third kappa shape index (κ3) is 2.44. The van der Waals surface area contributed by atoms with E-state index in [1.807, 2.05) is 0 Å². The van der Waals surface area contributed by atoms with Gasteiger partial charge in [0, 0.05) is 0 Å². The molecule has 128 valence electrons. The maximum absolute atomic E-state index is 13.0. The molecule has 1 aliphatic heterocycles. The van der Waals surface area contributed by atoms with Crippen molar-refractivity contribution in [2.75, 3.05) is 10.5 Å². The van der Waals surface area contributed by atoms with Crippen LogP contribution in [0.3, 0.4) is 0 Å². The van der Waals surface area contributed by atoms with E-state index in [0.717, 1.165) is 0 Å². The molecule has 2 aromatic carbocycles. The van der Waals surface area contributed by atoms with E-state index < -0.39 is 18.3 Å². The SMILES string of the molecule is Cc1cc(N([O-])[O-])c2c(c1)P(=O)(O)c1cc(C)cc(N(O)O)c1O2.